The topological polar surface area (TPSA) is 43.8 Å². The zero-order valence-electron chi connectivity index (χ0n) is 14.9. The Bertz CT molecular complexity index is 555. The van der Waals surface area contributed by atoms with Gasteiger partial charge in [0.15, 0.2) is 0 Å². The average molecular weight is 348 g/mol. The Labute approximate surface area is 149 Å². The van der Waals surface area contributed by atoms with Crippen molar-refractivity contribution in [1.82, 2.24) is 9.80 Å². The van der Waals surface area contributed by atoms with Crippen LogP contribution in [0.15, 0.2) is 24.3 Å². The van der Waals surface area contributed by atoms with Gasteiger partial charge in [0, 0.05) is 25.6 Å². The lowest BCUT2D eigenvalue weighted by Gasteiger charge is -2.37. The number of amides is 1. The predicted molar refractivity (Wildman–Crippen MR) is 95.7 cm³/mol. The van der Waals surface area contributed by atoms with Crippen LogP contribution in [0.3, 0.4) is 0 Å². The van der Waals surface area contributed by atoms with Crippen LogP contribution in [0.5, 0.6) is 0 Å². The number of β-amino-alcohol motifs (C(OH)–C–C–N with tert-alkyl or cyclic N) is 1. The minimum absolute atomic E-state index is 0.138. The number of piperidine rings is 2. The molecule has 1 atom stereocenters. The van der Waals surface area contributed by atoms with E-state index in [0.29, 0.717) is 18.4 Å². The van der Waals surface area contributed by atoms with Crippen molar-refractivity contribution in [3.63, 3.8) is 0 Å². The van der Waals surface area contributed by atoms with E-state index in [1.54, 1.807) is 0 Å². The molecular formula is C20H29FN2O2. The van der Waals surface area contributed by atoms with Gasteiger partial charge < -0.3 is 14.9 Å². The lowest BCUT2D eigenvalue weighted by molar-refractivity contribution is -0.139. The van der Waals surface area contributed by atoms with Crippen molar-refractivity contribution in [1.29, 1.82) is 0 Å². The minimum Gasteiger partial charge on any atom is -0.395 e. The van der Waals surface area contributed by atoms with Gasteiger partial charge >= 0.3 is 0 Å². The lowest BCUT2D eigenvalue weighted by atomic mass is 9.89. The van der Waals surface area contributed by atoms with Gasteiger partial charge in [0.2, 0.25) is 5.91 Å². The third-order valence-electron chi connectivity index (χ3n) is 5.62. The van der Waals surface area contributed by atoms with Crippen molar-refractivity contribution in [2.75, 3.05) is 39.3 Å². The van der Waals surface area contributed by atoms with E-state index in [2.05, 4.69) is 9.80 Å². The molecule has 25 heavy (non-hydrogen) atoms. The average Bonchev–Trinajstić information content (AvgIpc) is 2.64. The SMILES string of the molecule is O=C(C1CCN(CCO)CC1)N1CCC[C@@H](Cc2ccc(F)cc2)C1. The molecule has 2 saturated heterocycles. The van der Waals surface area contributed by atoms with E-state index in [9.17, 15) is 9.18 Å². The molecule has 0 unspecified atom stereocenters. The molecule has 4 nitrogen and oxygen atoms in total. The highest BCUT2D eigenvalue weighted by molar-refractivity contribution is 5.79. The Morgan fingerprint density at radius 3 is 2.52 bits per heavy atom. The van der Waals surface area contributed by atoms with Crippen LogP contribution in [0, 0.1) is 17.7 Å². The predicted octanol–water partition coefficient (Wildman–Crippen LogP) is 2.31. The standard InChI is InChI=1S/C20H29FN2O2/c21-19-5-3-16(4-6-19)14-17-2-1-9-23(15-17)20(25)18-7-10-22(11-8-18)12-13-24/h3-6,17-18,24H,1-2,7-15H2/t17-/m0/s1. The van der Waals surface area contributed by atoms with Crippen molar-refractivity contribution in [3.05, 3.63) is 35.6 Å². The molecule has 1 aromatic rings. The molecule has 2 heterocycles. The van der Waals surface area contributed by atoms with Crippen molar-refractivity contribution in [2.24, 2.45) is 11.8 Å². The zero-order valence-corrected chi connectivity index (χ0v) is 14.9. The molecule has 2 aliphatic rings. The Kier molecular flexibility index (Phi) is 6.43. The molecule has 5 heteroatoms. The highest BCUT2D eigenvalue weighted by Gasteiger charge is 2.31. The summed E-state index contributed by atoms with van der Waals surface area (Å²) < 4.78 is 13.0. The number of carbonyl (C=O) groups is 1. The third-order valence-corrected chi connectivity index (χ3v) is 5.62. The van der Waals surface area contributed by atoms with Crippen molar-refractivity contribution >= 4 is 5.91 Å². The van der Waals surface area contributed by atoms with Crippen molar-refractivity contribution < 1.29 is 14.3 Å². The van der Waals surface area contributed by atoms with Gasteiger partial charge in [0.05, 0.1) is 6.61 Å². The molecule has 0 aliphatic carbocycles. The molecule has 0 spiro atoms. The summed E-state index contributed by atoms with van der Waals surface area (Å²) >= 11 is 0. The van der Waals surface area contributed by atoms with Crippen LogP contribution in [0.1, 0.15) is 31.2 Å². The maximum atomic E-state index is 13.0. The molecule has 0 saturated carbocycles. The van der Waals surface area contributed by atoms with Crippen LogP contribution in [0.4, 0.5) is 4.39 Å². The van der Waals surface area contributed by atoms with Gasteiger partial charge in [-0.1, -0.05) is 12.1 Å². The second-order valence-electron chi connectivity index (χ2n) is 7.46. The third kappa shape index (κ3) is 5.02. The van der Waals surface area contributed by atoms with Crippen molar-refractivity contribution in [3.8, 4) is 0 Å². The van der Waals surface area contributed by atoms with Gasteiger partial charge in [0.1, 0.15) is 5.82 Å². The number of aliphatic hydroxyl groups excluding tert-OH is 1. The fraction of sp³-hybridized carbons (Fsp3) is 0.650. The molecule has 0 bridgehead atoms. The van der Waals surface area contributed by atoms with E-state index in [1.165, 1.54) is 12.1 Å². The summed E-state index contributed by atoms with van der Waals surface area (Å²) in [5.74, 6) is 0.723. The highest BCUT2D eigenvalue weighted by atomic mass is 19.1. The van der Waals surface area contributed by atoms with E-state index in [0.717, 1.165) is 63.8 Å². The summed E-state index contributed by atoms with van der Waals surface area (Å²) in [6.45, 7) is 4.41. The first-order chi connectivity index (χ1) is 12.2. The Morgan fingerprint density at radius 1 is 1.12 bits per heavy atom. The molecule has 1 N–H and O–H groups in total. The number of rotatable bonds is 5. The first-order valence-electron chi connectivity index (χ1n) is 9.52. The highest BCUT2D eigenvalue weighted by Crippen LogP contribution is 2.25. The molecule has 1 aromatic carbocycles. The Hall–Kier alpha value is -1.46. The zero-order chi connectivity index (χ0) is 17.6. The summed E-state index contributed by atoms with van der Waals surface area (Å²) in [5, 5.41) is 9.03. The fourth-order valence-corrected chi connectivity index (χ4v) is 4.19. The number of hydrogen-bond donors (Lipinski definition) is 1. The van der Waals surface area contributed by atoms with Gasteiger partial charge in [-0.25, -0.2) is 4.39 Å². The number of halogens is 1. The number of benzene rings is 1. The molecule has 0 aromatic heterocycles. The van der Waals surface area contributed by atoms with Crippen LogP contribution >= 0.6 is 0 Å². The van der Waals surface area contributed by atoms with Crippen LogP contribution in [0.2, 0.25) is 0 Å². The maximum Gasteiger partial charge on any atom is 0.225 e. The van der Waals surface area contributed by atoms with Gasteiger partial charge in [-0.2, -0.15) is 0 Å². The van der Waals surface area contributed by atoms with E-state index >= 15 is 0 Å². The van der Waals surface area contributed by atoms with E-state index < -0.39 is 0 Å². The summed E-state index contributed by atoms with van der Waals surface area (Å²) in [5.41, 5.74) is 1.15. The van der Waals surface area contributed by atoms with Crippen LogP contribution in [0.25, 0.3) is 0 Å². The Morgan fingerprint density at radius 2 is 1.84 bits per heavy atom. The van der Waals surface area contributed by atoms with E-state index in [-0.39, 0.29) is 18.3 Å². The quantitative estimate of drug-likeness (QED) is 0.888. The first kappa shape index (κ1) is 18.3. The summed E-state index contributed by atoms with van der Waals surface area (Å²) in [4.78, 5) is 17.2. The maximum absolute atomic E-state index is 13.0. The first-order valence-corrected chi connectivity index (χ1v) is 9.52. The minimum atomic E-state index is -0.197. The smallest absolute Gasteiger partial charge is 0.225 e. The van der Waals surface area contributed by atoms with Gasteiger partial charge in [-0.15, -0.1) is 0 Å². The number of nitrogens with zero attached hydrogens (tertiary/aromatic N) is 2. The van der Waals surface area contributed by atoms with E-state index in [1.807, 2.05) is 12.1 Å². The van der Waals surface area contributed by atoms with Gasteiger partial charge in [-0.3, -0.25) is 4.79 Å². The summed E-state index contributed by atoms with van der Waals surface area (Å²) in [6.07, 6.45) is 4.91. The fourth-order valence-electron chi connectivity index (χ4n) is 4.19. The monoisotopic (exact) mass is 348 g/mol. The van der Waals surface area contributed by atoms with Crippen LogP contribution in [-0.4, -0.2) is 60.1 Å². The molecule has 1 amide bonds. The number of carbonyl (C=O) groups excluding carboxylic acids is 1. The normalized spacial score (nSPS) is 23.0. The van der Waals surface area contributed by atoms with Crippen molar-refractivity contribution in [2.45, 2.75) is 32.1 Å². The Balaban J connectivity index is 1.50. The molecule has 138 valence electrons. The number of aliphatic hydroxyl groups is 1. The molecule has 3 rings (SSSR count). The second kappa shape index (κ2) is 8.77. The van der Waals surface area contributed by atoms with Gasteiger partial charge in [0.25, 0.3) is 0 Å². The van der Waals surface area contributed by atoms with Crippen LogP contribution in [-0.2, 0) is 11.2 Å². The molecular weight excluding hydrogens is 319 g/mol. The van der Waals surface area contributed by atoms with Gasteiger partial charge in [-0.05, 0) is 68.8 Å². The van der Waals surface area contributed by atoms with E-state index in [4.69, 9.17) is 5.11 Å². The van der Waals surface area contributed by atoms with Crippen LogP contribution < -0.4 is 0 Å². The number of hydrogen-bond acceptors (Lipinski definition) is 3. The lowest BCUT2D eigenvalue weighted by Crippen LogP contribution is -2.46. The summed E-state index contributed by atoms with van der Waals surface area (Å²) in [6, 6.07) is 6.74. The molecule has 2 aliphatic heterocycles. The summed E-state index contributed by atoms with van der Waals surface area (Å²) in [7, 11) is 0. The largest absolute Gasteiger partial charge is 0.395 e. The number of likely N-dealkylation sites (tertiary alicyclic amines) is 2. The molecule has 2 fully saturated rings. The molecule has 0 radical (unpaired) electrons. The second-order valence-corrected chi connectivity index (χ2v) is 7.46.